The number of para-hydroxylation sites is 1. The maximum atomic E-state index is 12.7. The van der Waals surface area contributed by atoms with Crippen LogP contribution >= 0.6 is 34.8 Å². The monoisotopic (exact) mass is 411 g/mol. The van der Waals surface area contributed by atoms with Crippen LogP contribution in [0, 0.1) is 0 Å². The largest absolute Gasteiger partial charge is 0.366 e. The van der Waals surface area contributed by atoms with E-state index in [1.54, 1.807) is 18.2 Å². The molecule has 0 atom stereocenters. The van der Waals surface area contributed by atoms with Crippen molar-refractivity contribution in [1.29, 1.82) is 0 Å². The predicted molar refractivity (Wildman–Crippen MR) is 110 cm³/mol. The molecule has 1 aliphatic rings. The van der Waals surface area contributed by atoms with Gasteiger partial charge >= 0.3 is 0 Å². The van der Waals surface area contributed by atoms with Gasteiger partial charge in [-0.1, -0.05) is 47.8 Å². The lowest BCUT2D eigenvalue weighted by atomic mass is 10.1. The molecule has 1 aliphatic heterocycles. The van der Waals surface area contributed by atoms with Crippen LogP contribution in [0.4, 0.5) is 11.4 Å². The third-order valence-corrected chi connectivity index (χ3v) is 5.40. The molecule has 7 heteroatoms. The summed E-state index contributed by atoms with van der Waals surface area (Å²) in [4.78, 5) is 17.3. The van der Waals surface area contributed by atoms with Crippen LogP contribution in [0.15, 0.2) is 36.4 Å². The normalized spacial score (nSPS) is 15.2. The van der Waals surface area contributed by atoms with Gasteiger partial charge in [-0.25, -0.2) is 0 Å². The second kappa shape index (κ2) is 8.49. The number of hydrogen-bond donors (Lipinski definition) is 1. The summed E-state index contributed by atoms with van der Waals surface area (Å²) in [6, 6.07) is 10.3. The standard InChI is InChI=1S/C19H20Cl3N3O/c1-2-24-8-10-25(11-9-24)18-15(21)4-3-5-17(18)23-19(26)14-7-6-13(20)12-16(14)22/h3-7,12H,2,8-11H2,1H3,(H,23,26). The Kier molecular flexibility index (Phi) is 6.30. The van der Waals surface area contributed by atoms with Crippen LogP contribution in [0.25, 0.3) is 0 Å². The lowest BCUT2D eigenvalue weighted by Crippen LogP contribution is -2.46. The number of rotatable bonds is 4. The van der Waals surface area contributed by atoms with E-state index in [1.807, 2.05) is 18.2 Å². The molecule has 3 rings (SSSR count). The number of piperazine rings is 1. The van der Waals surface area contributed by atoms with Crippen molar-refractivity contribution in [2.24, 2.45) is 0 Å². The number of carbonyl (C=O) groups excluding carboxylic acids is 1. The molecule has 1 fully saturated rings. The van der Waals surface area contributed by atoms with Gasteiger partial charge in [0.1, 0.15) is 0 Å². The third kappa shape index (κ3) is 4.26. The molecule has 2 aromatic rings. The van der Waals surface area contributed by atoms with Gasteiger partial charge in [-0.2, -0.15) is 0 Å². The van der Waals surface area contributed by atoms with Gasteiger partial charge in [0.15, 0.2) is 0 Å². The summed E-state index contributed by atoms with van der Waals surface area (Å²) in [5, 5.41) is 4.37. The number of nitrogens with one attached hydrogen (secondary N) is 1. The first-order valence-electron chi connectivity index (χ1n) is 8.51. The van der Waals surface area contributed by atoms with Crippen molar-refractivity contribution in [1.82, 2.24) is 4.90 Å². The average Bonchev–Trinajstić information content (AvgIpc) is 2.62. The Hall–Kier alpha value is -1.46. The maximum Gasteiger partial charge on any atom is 0.257 e. The molecule has 1 saturated heterocycles. The highest BCUT2D eigenvalue weighted by Crippen LogP contribution is 2.35. The smallest absolute Gasteiger partial charge is 0.257 e. The number of likely N-dealkylation sites (N-methyl/N-ethyl adjacent to an activating group) is 1. The third-order valence-electron chi connectivity index (χ3n) is 4.55. The fourth-order valence-electron chi connectivity index (χ4n) is 3.09. The van der Waals surface area contributed by atoms with Crippen LogP contribution in [0.1, 0.15) is 17.3 Å². The van der Waals surface area contributed by atoms with Gasteiger partial charge in [0.05, 0.1) is 27.0 Å². The van der Waals surface area contributed by atoms with Crippen LogP contribution < -0.4 is 10.2 Å². The Morgan fingerprint density at radius 3 is 2.42 bits per heavy atom. The van der Waals surface area contributed by atoms with Gasteiger partial charge in [-0.05, 0) is 36.9 Å². The first kappa shape index (κ1) is 19.3. The molecule has 138 valence electrons. The van der Waals surface area contributed by atoms with Gasteiger partial charge in [0.25, 0.3) is 5.91 Å². The van der Waals surface area contributed by atoms with Crippen LogP contribution in [0.5, 0.6) is 0 Å². The van der Waals surface area contributed by atoms with E-state index in [-0.39, 0.29) is 5.91 Å². The summed E-state index contributed by atoms with van der Waals surface area (Å²) in [5.41, 5.74) is 1.90. The van der Waals surface area contributed by atoms with E-state index in [0.717, 1.165) is 38.4 Å². The highest BCUT2D eigenvalue weighted by Gasteiger charge is 2.22. The Bertz CT molecular complexity index is 805. The zero-order valence-electron chi connectivity index (χ0n) is 14.4. The number of hydrogen-bond acceptors (Lipinski definition) is 3. The first-order valence-corrected chi connectivity index (χ1v) is 9.65. The minimum Gasteiger partial charge on any atom is -0.366 e. The topological polar surface area (TPSA) is 35.6 Å². The van der Waals surface area contributed by atoms with Crippen molar-refractivity contribution >= 4 is 52.1 Å². The molecule has 26 heavy (non-hydrogen) atoms. The Labute approximate surface area is 168 Å². The number of amides is 1. The molecule has 0 bridgehead atoms. The van der Waals surface area contributed by atoms with Crippen molar-refractivity contribution in [2.45, 2.75) is 6.92 Å². The molecule has 1 N–H and O–H groups in total. The van der Waals surface area contributed by atoms with Crippen LogP contribution in [-0.2, 0) is 0 Å². The Morgan fingerprint density at radius 1 is 1.04 bits per heavy atom. The minimum absolute atomic E-state index is 0.289. The van der Waals surface area contributed by atoms with Crippen LogP contribution in [0.2, 0.25) is 15.1 Å². The maximum absolute atomic E-state index is 12.7. The van der Waals surface area contributed by atoms with Crippen LogP contribution in [-0.4, -0.2) is 43.5 Å². The minimum atomic E-state index is -0.289. The fourth-order valence-corrected chi connectivity index (χ4v) is 3.88. The summed E-state index contributed by atoms with van der Waals surface area (Å²) >= 11 is 18.5. The van der Waals surface area contributed by atoms with Crippen molar-refractivity contribution in [3.63, 3.8) is 0 Å². The summed E-state index contributed by atoms with van der Waals surface area (Å²) in [6.07, 6.45) is 0. The van der Waals surface area contributed by atoms with Gasteiger partial charge in [-0.3, -0.25) is 4.79 Å². The molecule has 0 saturated carbocycles. The fraction of sp³-hybridized carbons (Fsp3) is 0.316. The molecule has 0 aliphatic carbocycles. The van der Waals surface area contributed by atoms with Crippen molar-refractivity contribution in [2.75, 3.05) is 42.9 Å². The quantitative estimate of drug-likeness (QED) is 0.764. The van der Waals surface area contributed by atoms with Gasteiger partial charge in [-0.15, -0.1) is 0 Å². The number of anilines is 2. The SMILES string of the molecule is CCN1CCN(c2c(Cl)cccc2NC(=O)c2ccc(Cl)cc2Cl)CC1. The molecule has 4 nitrogen and oxygen atoms in total. The number of benzene rings is 2. The Morgan fingerprint density at radius 2 is 1.77 bits per heavy atom. The Balaban J connectivity index is 1.84. The molecular formula is C19H20Cl3N3O. The highest BCUT2D eigenvalue weighted by atomic mass is 35.5. The summed E-state index contributed by atoms with van der Waals surface area (Å²) in [6.45, 7) is 6.86. The summed E-state index contributed by atoms with van der Waals surface area (Å²) < 4.78 is 0. The van der Waals surface area contributed by atoms with Crippen molar-refractivity contribution < 1.29 is 4.79 Å². The molecular weight excluding hydrogens is 393 g/mol. The van der Waals surface area contributed by atoms with E-state index in [9.17, 15) is 4.79 Å². The molecule has 0 spiro atoms. The van der Waals surface area contributed by atoms with E-state index in [0.29, 0.717) is 26.3 Å². The second-order valence-electron chi connectivity index (χ2n) is 6.14. The molecule has 0 radical (unpaired) electrons. The van der Waals surface area contributed by atoms with Gasteiger partial charge in [0, 0.05) is 31.2 Å². The molecule has 1 amide bonds. The summed E-state index contributed by atoms with van der Waals surface area (Å²) in [7, 11) is 0. The lowest BCUT2D eigenvalue weighted by molar-refractivity contribution is 0.102. The molecule has 0 unspecified atom stereocenters. The number of nitrogens with zero attached hydrogens (tertiary/aromatic N) is 2. The van der Waals surface area contributed by atoms with E-state index in [4.69, 9.17) is 34.8 Å². The predicted octanol–water partition coefficient (Wildman–Crippen LogP) is 5.04. The second-order valence-corrected chi connectivity index (χ2v) is 7.39. The lowest BCUT2D eigenvalue weighted by Gasteiger charge is -2.36. The number of carbonyl (C=O) groups is 1. The van der Waals surface area contributed by atoms with Crippen LogP contribution in [0.3, 0.4) is 0 Å². The highest BCUT2D eigenvalue weighted by molar-refractivity contribution is 6.37. The first-order chi connectivity index (χ1) is 12.5. The van der Waals surface area contributed by atoms with Gasteiger partial charge < -0.3 is 15.1 Å². The zero-order valence-corrected chi connectivity index (χ0v) is 16.7. The van der Waals surface area contributed by atoms with Gasteiger partial charge in [0.2, 0.25) is 0 Å². The molecule has 1 heterocycles. The zero-order chi connectivity index (χ0) is 18.7. The molecule has 0 aromatic heterocycles. The summed E-state index contributed by atoms with van der Waals surface area (Å²) in [5.74, 6) is -0.289. The van der Waals surface area contributed by atoms with E-state index in [2.05, 4.69) is 22.0 Å². The van der Waals surface area contributed by atoms with E-state index < -0.39 is 0 Å². The average molecular weight is 413 g/mol. The van der Waals surface area contributed by atoms with E-state index >= 15 is 0 Å². The molecule has 2 aromatic carbocycles. The van der Waals surface area contributed by atoms with Crippen molar-refractivity contribution in [3.05, 3.63) is 57.0 Å². The van der Waals surface area contributed by atoms with Crippen molar-refractivity contribution in [3.8, 4) is 0 Å². The van der Waals surface area contributed by atoms with E-state index in [1.165, 1.54) is 0 Å². The number of halogens is 3.